The standard InChI is InChI=1S/C15H10F4N2/c16-12-8-14-9(7-13(12)20)5-6-21(14)11-3-1-10(2-4-11)15(17,18)19/h1-8H,20H2. The highest BCUT2D eigenvalue weighted by Gasteiger charge is 2.30. The summed E-state index contributed by atoms with van der Waals surface area (Å²) in [5, 5.41) is 0.716. The Morgan fingerprint density at radius 1 is 0.952 bits per heavy atom. The van der Waals surface area contributed by atoms with E-state index in [0.29, 0.717) is 16.6 Å². The average Bonchev–Trinajstić information content (AvgIpc) is 2.81. The van der Waals surface area contributed by atoms with Gasteiger partial charge in [0.1, 0.15) is 5.82 Å². The summed E-state index contributed by atoms with van der Waals surface area (Å²) < 4.78 is 52.8. The number of nitrogens with two attached hydrogens (primary N) is 1. The molecule has 0 aliphatic carbocycles. The highest BCUT2D eigenvalue weighted by molar-refractivity contribution is 5.85. The van der Waals surface area contributed by atoms with Crippen LogP contribution < -0.4 is 5.73 Å². The Morgan fingerprint density at radius 2 is 1.62 bits per heavy atom. The first-order valence-electron chi connectivity index (χ1n) is 6.10. The second-order valence-electron chi connectivity index (χ2n) is 4.66. The molecule has 0 amide bonds. The summed E-state index contributed by atoms with van der Waals surface area (Å²) in [5.74, 6) is -0.561. The van der Waals surface area contributed by atoms with E-state index in [1.165, 1.54) is 24.3 Å². The van der Waals surface area contributed by atoms with E-state index in [2.05, 4.69) is 0 Å². The Labute approximate surface area is 117 Å². The van der Waals surface area contributed by atoms with Crippen LogP contribution in [0.1, 0.15) is 5.56 Å². The zero-order valence-corrected chi connectivity index (χ0v) is 10.7. The molecule has 1 heterocycles. The van der Waals surface area contributed by atoms with Gasteiger partial charge < -0.3 is 10.3 Å². The van der Waals surface area contributed by atoms with Crippen molar-refractivity contribution in [2.24, 2.45) is 0 Å². The molecule has 0 radical (unpaired) electrons. The van der Waals surface area contributed by atoms with Gasteiger partial charge in [0.05, 0.1) is 16.8 Å². The molecule has 0 aliphatic heterocycles. The van der Waals surface area contributed by atoms with Gasteiger partial charge in [-0.25, -0.2) is 4.39 Å². The van der Waals surface area contributed by atoms with Crippen LogP contribution in [0, 0.1) is 5.82 Å². The lowest BCUT2D eigenvalue weighted by atomic mass is 10.2. The smallest absolute Gasteiger partial charge is 0.396 e. The van der Waals surface area contributed by atoms with Crippen molar-refractivity contribution in [1.29, 1.82) is 0 Å². The minimum Gasteiger partial charge on any atom is -0.396 e. The van der Waals surface area contributed by atoms with Crippen LogP contribution >= 0.6 is 0 Å². The molecule has 0 spiro atoms. The van der Waals surface area contributed by atoms with Crippen LogP contribution in [0.4, 0.5) is 23.2 Å². The first-order chi connectivity index (χ1) is 9.86. The van der Waals surface area contributed by atoms with Gasteiger partial charge in [0.2, 0.25) is 0 Å². The van der Waals surface area contributed by atoms with E-state index < -0.39 is 17.6 Å². The molecule has 2 N–H and O–H groups in total. The van der Waals surface area contributed by atoms with Crippen molar-refractivity contribution in [1.82, 2.24) is 4.57 Å². The molecular weight excluding hydrogens is 284 g/mol. The van der Waals surface area contributed by atoms with Crippen LogP contribution in [0.5, 0.6) is 0 Å². The summed E-state index contributed by atoms with van der Waals surface area (Å²) in [6, 6.07) is 9.16. The van der Waals surface area contributed by atoms with Gasteiger partial charge in [0.15, 0.2) is 0 Å². The van der Waals surface area contributed by atoms with Gasteiger partial charge in [-0.3, -0.25) is 0 Å². The van der Waals surface area contributed by atoms with Crippen LogP contribution in [0.2, 0.25) is 0 Å². The van der Waals surface area contributed by atoms with E-state index in [0.717, 1.165) is 12.1 Å². The van der Waals surface area contributed by atoms with Gasteiger partial charge in [-0.05, 0) is 36.4 Å². The maximum atomic E-state index is 13.6. The topological polar surface area (TPSA) is 30.9 Å². The average molecular weight is 294 g/mol. The van der Waals surface area contributed by atoms with Gasteiger partial charge >= 0.3 is 6.18 Å². The van der Waals surface area contributed by atoms with Gasteiger partial charge in [0, 0.05) is 23.3 Å². The Bertz CT molecular complexity index is 801. The molecule has 0 bridgehead atoms. The van der Waals surface area contributed by atoms with Gasteiger partial charge in [-0.2, -0.15) is 13.2 Å². The third-order valence-electron chi connectivity index (χ3n) is 3.28. The zero-order chi connectivity index (χ0) is 15.2. The molecule has 2 aromatic carbocycles. The van der Waals surface area contributed by atoms with E-state index in [9.17, 15) is 17.6 Å². The Kier molecular flexibility index (Phi) is 2.90. The molecule has 0 atom stereocenters. The van der Waals surface area contributed by atoms with Crippen LogP contribution in [-0.4, -0.2) is 4.57 Å². The number of halogens is 4. The lowest BCUT2D eigenvalue weighted by Crippen LogP contribution is -2.04. The molecule has 0 aliphatic rings. The monoisotopic (exact) mass is 294 g/mol. The summed E-state index contributed by atoms with van der Waals surface area (Å²) in [7, 11) is 0. The largest absolute Gasteiger partial charge is 0.416 e. The number of hydrogen-bond donors (Lipinski definition) is 1. The van der Waals surface area contributed by atoms with Crippen LogP contribution in [0.15, 0.2) is 48.7 Å². The maximum Gasteiger partial charge on any atom is 0.416 e. The third-order valence-corrected chi connectivity index (χ3v) is 3.28. The fraction of sp³-hybridized carbons (Fsp3) is 0.0667. The lowest BCUT2D eigenvalue weighted by Gasteiger charge is -2.09. The molecule has 0 unspecified atom stereocenters. The minimum atomic E-state index is -4.38. The van der Waals surface area contributed by atoms with E-state index in [1.807, 2.05) is 0 Å². The van der Waals surface area contributed by atoms with Crippen molar-refractivity contribution in [3.8, 4) is 5.69 Å². The van der Waals surface area contributed by atoms with E-state index >= 15 is 0 Å². The van der Waals surface area contributed by atoms with Gasteiger partial charge in [-0.15, -0.1) is 0 Å². The third kappa shape index (κ3) is 2.33. The van der Waals surface area contributed by atoms with Crippen molar-refractivity contribution < 1.29 is 17.6 Å². The summed E-state index contributed by atoms with van der Waals surface area (Å²) >= 11 is 0. The molecule has 3 rings (SSSR count). The lowest BCUT2D eigenvalue weighted by molar-refractivity contribution is -0.137. The van der Waals surface area contributed by atoms with Crippen molar-refractivity contribution in [2.75, 3.05) is 5.73 Å². The number of fused-ring (bicyclic) bond motifs is 1. The Morgan fingerprint density at radius 3 is 2.24 bits per heavy atom. The number of rotatable bonds is 1. The zero-order valence-electron chi connectivity index (χ0n) is 10.7. The predicted molar refractivity (Wildman–Crippen MR) is 72.6 cm³/mol. The van der Waals surface area contributed by atoms with Crippen molar-refractivity contribution in [3.63, 3.8) is 0 Å². The Hall–Kier alpha value is -2.50. The van der Waals surface area contributed by atoms with Crippen molar-refractivity contribution >= 4 is 16.6 Å². The normalized spacial score (nSPS) is 12.0. The number of benzene rings is 2. The molecule has 108 valence electrons. The van der Waals surface area contributed by atoms with E-state index in [-0.39, 0.29) is 5.69 Å². The number of nitrogen functional groups attached to an aromatic ring is 1. The molecule has 1 aromatic heterocycles. The number of anilines is 1. The highest BCUT2D eigenvalue weighted by atomic mass is 19.4. The number of aromatic nitrogens is 1. The number of hydrogen-bond acceptors (Lipinski definition) is 1. The number of alkyl halides is 3. The van der Waals surface area contributed by atoms with Crippen molar-refractivity contribution in [2.45, 2.75) is 6.18 Å². The molecule has 21 heavy (non-hydrogen) atoms. The molecule has 2 nitrogen and oxygen atoms in total. The second-order valence-corrected chi connectivity index (χ2v) is 4.66. The summed E-state index contributed by atoms with van der Waals surface area (Å²) in [6.45, 7) is 0. The quantitative estimate of drug-likeness (QED) is 0.524. The van der Waals surface area contributed by atoms with Gasteiger partial charge in [0.25, 0.3) is 0 Å². The maximum absolute atomic E-state index is 13.6. The number of nitrogens with zero attached hydrogens (tertiary/aromatic N) is 1. The highest BCUT2D eigenvalue weighted by Crippen LogP contribution is 2.30. The molecule has 0 saturated heterocycles. The molecule has 0 fully saturated rings. The summed E-state index contributed by atoms with van der Waals surface area (Å²) in [5.41, 5.74) is 5.86. The van der Waals surface area contributed by atoms with Crippen molar-refractivity contribution in [3.05, 3.63) is 60.0 Å². The second kappa shape index (κ2) is 4.51. The van der Waals surface area contributed by atoms with Crippen LogP contribution in [0.25, 0.3) is 16.6 Å². The summed E-state index contributed by atoms with van der Waals surface area (Å²) in [6.07, 6.45) is -2.72. The van der Waals surface area contributed by atoms with E-state index in [1.54, 1.807) is 16.8 Å². The minimum absolute atomic E-state index is 0.0349. The molecule has 6 heteroatoms. The summed E-state index contributed by atoms with van der Waals surface area (Å²) in [4.78, 5) is 0. The first kappa shape index (κ1) is 13.5. The van der Waals surface area contributed by atoms with Gasteiger partial charge in [-0.1, -0.05) is 0 Å². The Balaban J connectivity index is 2.10. The molecule has 3 aromatic rings. The molecule has 0 saturated carbocycles. The fourth-order valence-corrected chi connectivity index (χ4v) is 2.21. The fourth-order valence-electron chi connectivity index (χ4n) is 2.21. The van der Waals surface area contributed by atoms with Crippen LogP contribution in [0.3, 0.4) is 0 Å². The van der Waals surface area contributed by atoms with E-state index in [4.69, 9.17) is 5.73 Å². The predicted octanol–water partition coefficient (Wildman–Crippen LogP) is 4.37. The first-order valence-corrected chi connectivity index (χ1v) is 6.10. The molecular formula is C15H10F4N2. The SMILES string of the molecule is Nc1cc2ccn(-c3ccc(C(F)(F)F)cc3)c2cc1F. The van der Waals surface area contributed by atoms with Crippen LogP contribution in [-0.2, 0) is 6.18 Å².